The SMILES string of the molecule is C=O.CCCCCCCCCCCCCCCCCCCCc1c(CCCCCCCCCCCCCCCCCCCC)c(S(=O)(=O)O)c2ccccc2c1CCCCCCCCCCCCCCCCCCCC. The van der Waals surface area contributed by atoms with Crippen LogP contribution < -0.4 is 0 Å². The Hall–Kier alpha value is -1.72. The second kappa shape index (κ2) is 55.2. The molecular formula is C71H130O4S. The van der Waals surface area contributed by atoms with E-state index >= 15 is 0 Å². The van der Waals surface area contributed by atoms with Gasteiger partial charge in [-0.3, -0.25) is 4.55 Å². The highest BCUT2D eigenvalue weighted by Gasteiger charge is 2.25. The monoisotopic (exact) mass is 1080 g/mol. The fraction of sp³-hybridized carbons (Fsp3) is 0.845. The van der Waals surface area contributed by atoms with Crippen molar-refractivity contribution in [3.05, 3.63) is 41.0 Å². The van der Waals surface area contributed by atoms with E-state index in [1.54, 1.807) is 0 Å². The van der Waals surface area contributed by atoms with Gasteiger partial charge in [-0.15, -0.1) is 0 Å². The summed E-state index contributed by atoms with van der Waals surface area (Å²) in [5.74, 6) is 0. The van der Waals surface area contributed by atoms with Gasteiger partial charge in [0.25, 0.3) is 10.1 Å². The number of aryl methyl sites for hydroxylation is 1. The molecule has 0 fully saturated rings. The number of hydrogen-bond donors (Lipinski definition) is 1. The Bertz CT molecular complexity index is 1630. The molecule has 0 bridgehead atoms. The fourth-order valence-electron chi connectivity index (χ4n) is 12.3. The Morgan fingerprint density at radius 3 is 0.684 bits per heavy atom. The maximum absolute atomic E-state index is 13.5. The Morgan fingerprint density at radius 1 is 0.276 bits per heavy atom. The van der Waals surface area contributed by atoms with Gasteiger partial charge in [-0.25, -0.2) is 0 Å². The lowest BCUT2D eigenvalue weighted by molar-refractivity contribution is -0.0980. The van der Waals surface area contributed by atoms with Crippen LogP contribution in [0.3, 0.4) is 0 Å². The van der Waals surface area contributed by atoms with Crippen molar-refractivity contribution in [2.24, 2.45) is 0 Å². The minimum atomic E-state index is -4.39. The second-order valence-electron chi connectivity index (χ2n) is 24.1. The van der Waals surface area contributed by atoms with Crippen LogP contribution in [0.2, 0.25) is 0 Å². The van der Waals surface area contributed by atoms with Gasteiger partial charge in [0.2, 0.25) is 0 Å². The molecule has 4 nitrogen and oxygen atoms in total. The zero-order chi connectivity index (χ0) is 55.1. The maximum Gasteiger partial charge on any atom is 0.295 e. The van der Waals surface area contributed by atoms with Crippen LogP contribution in [0.25, 0.3) is 10.8 Å². The van der Waals surface area contributed by atoms with Gasteiger partial charge in [0.15, 0.2) is 0 Å². The Labute approximate surface area is 475 Å². The molecular weight excluding hydrogens is 949 g/mol. The fourth-order valence-corrected chi connectivity index (χ4v) is 13.3. The van der Waals surface area contributed by atoms with Gasteiger partial charge >= 0.3 is 0 Å². The van der Waals surface area contributed by atoms with Gasteiger partial charge in [-0.05, 0) is 60.6 Å². The number of carbonyl (C=O) groups is 1. The highest BCUT2D eigenvalue weighted by Crippen LogP contribution is 2.37. The lowest BCUT2D eigenvalue weighted by Gasteiger charge is -2.22. The molecule has 0 unspecified atom stereocenters. The predicted octanol–water partition coefficient (Wildman–Crippen LogP) is 24.7. The van der Waals surface area contributed by atoms with Crippen LogP contribution >= 0.6 is 0 Å². The zero-order valence-corrected chi connectivity index (χ0v) is 52.2. The first kappa shape index (κ1) is 72.3. The first-order valence-corrected chi connectivity index (χ1v) is 35.7. The highest BCUT2D eigenvalue weighted by molar-refractivity contribution is 7.86. The molecule has 0 amide bonds. The van der Waals surface area contributed by atoms with E-state index in [0.717, 1.165) is 61.3 Å². The summed E-state index contributed by atoms with van der Waals surface area (Å²) >= 11 is 0. The molecule has 0 radical (unpaired) electrons. The van der Waals surface area contributed by atoms with Crippen LogP contribution in [0.4, 0.5) is 0 Å². The van der Waals surface area contributed by atoms with Crippen LogP contribution in [-0.4, -0.2) is 19.8 Å². The number of hydrogen-bond acceptors (Lipinski definition) is 3. The summed E-state index contributed by atoms with van der Waals surface area (Å²) in [5, 5.41) is 1.80. The maximum atomic E-state index is 13.5. The molecule has 0 aliphatic carbocycles. The van der Waals surface area contributed by atoms with Gasteiger partial charge in [-0.2, -0.15) is 8.42 Å². The largest absolute Gasteiger partial charge is 0.307 e. The average Bonchev–Trinajstić information content (AvgIpc) is 3.43. The molecule has 0 saturated heterocycles. The van der Waals surface area contributed by atoms with Gasteiger partial charge in [0.05, 0.1) is 0 Å². The molecule has 0 aliphatic heterocycles. The van der Waals surface area contributed by atoms with Crippen molar-refractivity contribution in [3.63, 3.8) is 0 Å². The number of rotatable bonds is 58. The normalized spacial score (nSPS) is 11.7. The lowest BCUT2D eigenvalue weighted by Crippen LogP contribution is -2.12. The molecule has 0 saturated carbocycles. The molecule has 0 aromatic heterocycles. The van der Waals surface area contributed by atoms with E-state index in [9.17, 15) is 13.0 Å². The number of benzene rings is 2. The molecule has 2 aromatic rings. The van der Waals surface area contributed by atoms with Gasteiger partial charge in [-0.1, -0.05) is 372 Å². The molecule has 0 atom stereocenters. The van der Waals surface area contributed by atoms with E-state index in [-0.39, 0.29) is 4.90 Å². The first-order valence-electron chi connectivity index (χ1n) is 34.3. The third-order valence-corrected chi connectivity index (χ3v) is 18.1. The summed E-state index contributed by atoms with van der Waals surface area (Å²) in [6.07, 6.45) is 76.2. The van der Waals surface area contributed by atoms with Crippen molar-refractivity contribution in [2.75, 3.05) is 0 Å². The van der Waals surface area contributed by atoms with Crippen LogP contribution in [0.1, 0.15) is 384 Å². The predicted molar refractivity (Wildman–Crippen MR) is 338 cm³/mol. The van der Waals surface area contributed by atoms with E-state index < -0.39 is 10.1 Å². The van der Waals surface area contributed by atoms with Crippen LogP contribution in [0.5, 0.6) is 0 Å². The zero-order valence-electron chi connectivity index (χ0n) is 51.4. The smallest absolute Gasteiger partial charge is 0.295 e. The van der Waals surface area contributed by atoms with Crippen molar-refractivity contribution in [1.82, 2.24) is 0 Å². The average molecular weight is 1080 g/mol. The summed E-state index contributed by atoms with van der Waals surface area (Å²) in [5.41, 5.74) is 3.60. The molecule has 0 spiro atoms. The first-order chi connectivity index (χ1) is 37.5. The Morgan fingerprint density at radius 2 is 0.461 bits per heavy atom. The quantitative estimate of drug-likeness (QED) is 0.0529. The van der Waals surface area contributed by atoms with E-state index in [1.807, 2.05) is 18.9 Å². The van der Waals surface area contributed by atoms with Gasteiger partial charge in [0.1, 0.15) is 11.7 Å². The van der Waals surface area contributed by atoms with Crippen molar-refractivity contribution in [2.45, 2.75) is 392 Å². The minimum absolute atomic E-state index is 0.221. The van der Waals surface area contributed by atoms with E-state index in [1.165, 1.54) is 332 Å². The summed E-state index contributed by atoms with van der Waals surface area (Å²) in [7, 11) is -4.39. The van der Waals surface area contributed by atoms with E-state index in [2.05, 4.69) is 32.9 Å². The Kier molecular flexibility index (Phi) is 52.5. The summed E-state index contributed by atoms with van der Waals surface area (Å²) in [6, 6.07) is 8.16. The number of unbranched alkanes of at least 4 members (excludes halogenated alkanes) is 51. The standard InChI is InChI=1S/C70H128O3S.CH2O/c1-4-7-10-13-16-19-22-25-28-31-34-37-40-43-46-49-52-55-60-65-66(61-56-53-50-47-44-41-38-35-32-29-26-23-20-17-14-11-8-5-2)68(70(74(71,72)73)69-64-59-58-62-67(65)69)63-57-54-51-48-45-42-39-36-33-30-27-24-21-18-15-12-9-6-3;1-2/h58-59,62,64H,4-57,60-61,63H2,1-3H3,(H,71,72,73);1H2. The van der Waals surface area contributed by atoms with Crippen molar-refractivity contribution in [3.8, 4) is 0 Å². The van der Waals surface area contributed by atoms with Crippen molar-refractivity contribution < 1.29 is 17.8 Å². The van der Waals surface area contributed by atoms with Gasteiger partial charge in [0, 0.05) is 5.39 Å². The topological polar surface area (TPSA) is 71.4 Å². The van der Waals surface area contributed by atoms with E-state index in [4.69, 9.17) is 4.79 Å². The lowest BCUT2D eigenvalue weighted by atomic mass is 9.86. The highest BCUT2D eigenvalue weighted by atomic mass is 32.2. The van der Waals surface area contributed by atoms with Crippen LogP contribution in [-0.2, 0) is 34.2 Å². The summed E-state index contributed by atoms with van der Waals surface area (Å²) < 4.78 is 37.9. The molecule has 0 aliphatic rings. The third kappa shape index (κ3) is 40.5. The molecule has 76 heavy (non-hydrogen) atoms. The molecule has 444 valence electrons. The van der Waals surface area contributed by atoms with Crippen molar-refractivity contribution >= 4 is 27.7 Å². The third-order valence-electron chi connectivity index (χ3n) is 17.1. The molecule has 0 heterocycles. The molecule has 2 aromatic carbocycles. The summed E-state index contributed by atoms with van der Waals surface area (Å²) in [4.78, 5) is 8.22. The van der Waals surface area contributed by atoms with Crippen LogP contribution in [0.15, 0.2) is 29.2 Å². The molecule has 1 N–H and O–H groups in total. The minimum Gasteiger partial charge on any atom is -0.307 e. The number of fused-ring (bicyclic) bond motifs is 1. The van der Waals surface area contributed by atoms with Crippen LogP contribution in [0, 0.1) is 0 Å². The number of carbonyl (C=O) groups excluding carboxylic acids is 1. The Balaban J connectivity index is 0.0000143. The van der Waals surface area contributed by atoms with Gasteiger partial charge < -0.3 is 4.79 Å². The van der Waals surface area contributed by atoms with E-state index in [0.29, 0.717) is 0 Å². The second-order valence-corrected chi connectivity index (χ2v) is 25.4. The summed E-state index contributed by atoms with van der Waals surface area (Å²) in [6.45, 7) is 8.90. The molecule has 5 heteroatoms. The molecule has 2 rings (SSSR count). The van der Waals surface area contributed by atoms with Crippen molar-refractivity contribution in [1.29, 1.82) is 0 Å².